The molecule has 0 bridgehead atoms. The maximum atomic E-state index is 12.7. The fraction of sp³-hybridized carbons (Fsp3) is 0.579. The van der Waals surface area contributed by atoms with Crippen LogP contribution in [0.5, 0.6) is 0 Å². The number of amides is 4. The number of fused-ring (bicyclic) bond motifs is 4. The summed E-state index contributed by atoms with van der Waals surface area (Å²) in [6.45, 7) is 1.92. The monoisotopic (exact) mass is 342 g/mol. The molecule has 2 aliphatic carbocycles. The van der Waals surface area contributed by atoms with Gasteiger partial charge in [0, 0.05) is 14.1 Å². The maximum Gasteiger partial charge on any atom is 0.233 e. The Bertz CT molecular complexity index is 765. The van der Waals surface area contributed by atoms with Crippen molar-refractivity contribution < 1.29 is 19.2 Å². The number of carbonyl (C=O) groups is 4. The Morgan fingerprint density at radius 1 is 0.800 bits per heavy atom. The summed E-state index contributed by atoms with van der Waals surface area (Å²) in [6, 6.07) is 0. The van der Waals surface area contributed by atoms with Gasteiger partial charge in [-0.1, -0.05) is 17.7 Å². The van der Waals surface area contributed by atoms with Crippen LogP contribution >= 0.6 is 0 Å². The summed E-state index contributed by atoms with van der Waals surface area (Å²) in [5.74, 6) is -2.02. The number of nitrogens with zero attached hydrogens (tertiary/aromatic N) is 2. The first-order valence-electron chi connectivity index (χ1n) is 8.84. The second kappa shape index (κ2) is 5.38. The van der Waals surface area contributed by atoms with Gasteiger partial charge in [-0.15, -0.1) is 0 Å². The third kappa shape index (κ3) is 2.03. The van der Waals surface area contributed by atoms with E-state index in [4.69, 9.17) is 0 Å². The second-order valence-corrected chi connectivity index (χ2v) is 7.62. The molecule has 132 valence electrons. The molecule has 25 heavy (non-hydrogen) atoms. The minimum atomic E-state index is -0.378. The first-order chi connectivity index (χ1) is 11.9. The van der Waals surface area contributed by atoms with Crippen LogP contribution in [0.1, 0.15) is 26.2 Å². The van der Waals surface area contributed by atoms with Crippen LogP contribution in [0, 0.1) is 29.6 Å². The molecular weight excluding hydrogens is 320 g/mol. The minimum Gasteiger partial charge on any atom is -0.285 e. The molecule has 0 unspecified atom stereocenters. The van der Waals surface area contributed by atoms with Gasteiger partial charge < -0.3 is 0 Å². The van der Waals surface area contributed by atoms with Gasteiger partial charge in [0.05, 0.1) is 23.7 Å². The Morgan fingerprint density at radius 3 is 2.08 bits per heavy atom. The minimum absolute atomic E-state index is 0.115. The largest absolute Gasteiger partial charge is 0.285 e. The van der Waals surface area contributed by atoms with Crippen LogP contribution in [0.25, 0.3) is 0 Å². The Balaban J connectivity index is 1.80. The first kappa shape index (κ1) is 16.2. The van der Waals surface area contributed by atoms with Gasteiger partial charge in [0.2, 0.25) is 23.6 Å². The van der Waals surface area contributed by atoms with Crippen LogP contribution in [-0.4, -0.2) is 47.5 Å². The van der Waals surface area contributed by atoms with Crippen molar-refractivity contribution in [2.75, 3.05) is 14.1 Å². The normalized spacial score (nSPS) is 38.0. The molecule has 6 nitrogen and oxygen atoms in total. The molecule has 0 N–H and O–H groups in total. The number of hydrogen-bond donors (Lipinski definition) is 0. The van der Waals surface area contributed by atoms with Crippen molar-refractivity contribution in [2.45, 2.75) is 26.2 Å². The summed E-state index contributed by atoms with van der Waals surface area (Å²) < 4.78 is 0. The summed E-state index contributed by atoms with van der Waals surface area (Å²) in [4.78, 5) is 52.5. The highest BCUT2D eigenvalue weighted by molar-refractivity contribution is 6.07. The van der Waals surface area contributed by atoms with Gasteiger partial charge in [-0.05, 0) is 37.7 Å². The molecule has 0 aromatic rings. The number of hydrogen-bond acceptors (Lipinski definition) is 4. The van der Waals surface area contributed by atoms with Crippen molar-refractivity contribution in [3.63, 3.8) is 0 Å². The Hall–Kier alpha value is -2.24. The zero-order valence-corrected chi connectivity index (χ0v) is 14.7. The fourth-order valence-corrected chi connectivity index (χ4v) is 5.30. The lowest BCUT2D eigenvalue weighted by atomic mass is 9.60. The van der Waals surface area contributed by atoms with Crippen LogP contribution in [0.15, 0.2) is 23.3 Å². The molecule has 4 amide bonds. The molecule has 2 aliphatic heterocycles. The lowest BCUT2D eigenvalue weighted by Gasteiger charge is -2.40. The molecule has 0 aromatic carbocycles. The Kier molecular flexibility index (Phi) is 3.49. The highest BCUT2D eigenvalue weighted by Gasteiger charge is 2.58. The number of rotatable bonds is 1. The van der Waals surface area contributed by atoms with E-state index in [0.717, 1.165) is 11.1 Å². The van der Waals surface area contributed by atoms with Gasteiger partial charge in [-0.2, -0.15) is 0 Å². The molecule has 0 aromatic heterocycles. The van der Waals surface area contributed by atoms with Gasteiger partial charge in [0.1, 0.15) is 0 Å². The summed E-state index contributed by atoms with van der Waals surface area (Å²) >= 11 is 0. The molecule has 4 rings (SSSR count). The van der Waals surface area contributed by atoms with E-state index in [-0.39, 0.29) is 53.2 Å². The molecule has 3 fully saturated rings. The van der Waals surface area contributed by atoms with Crippen molar-refractivity contribution in [3.8, 4) is 0 Å². The number of carbonyl (C=O) groups excluding carboxylic acids is 4. The van der Waals surface area contributed by atoms with E-state index in [0.29, 0.717) is 19.3 Å². The average Bonchev–Trinajstić information content (AvgIpc) is 2.95. The smallest absolute Gasteiger partial charge is 0.233 e. The van der Waals surface area contributed by atoms with Crippen molar-refractivity contribution in [1.29, 1.82) is 0 Å². The van der Waals surface area contributed by atoms with Gasteiger partial charge in [0.25, 0.3) is 0 Å². The molecule has 1 saturated carbocycles. The van der Waals surface area contributed by atoms with E-state index < -0.39 is 0 Å². The number of allylic oxidation sites excluding steroid dienone is 4. The van der Waals surface area contributed by atoms with Crippen molar-refractivity contribution >= 4 is 23.6 Å². The standard InChI is InChI=1S/C19H22N2O4/c1-4-5-9-6-14-15(19(25)21(3)18(14)24)11-8-13-12(7-10(9)11)16(22)20(2)17(13)23/h4-5,11-15H,6-8H2,1-3H3/b5-4-/t11-,12+,13-,14+,15-/m1/s1. The Labute approximate surface area is 146 Å². The zero-order chi connectivity index (χ0) is 18.0. The average molecular weight is 342 g/mol. The van der Waals surface area contributed by atoms with Crippen molar-refractivity contribution in [3.05, 3.63) is 23.3 Å². The van der Waals surface area contributed by atoms with E-state index in [9.17, 15) is 19.2 Å². The van der Waals surface area contributed by atoms with Crippen LogP contribution in [-0.2, 0) is 19.2 Å². The third-order valence-electron chi connectivity index (χ3n) is 6.53. The molecule has 0 spiro atoms. The summed E-state index contributed by atoms with van der Waals surface area (Å²) in [6.07, 6.45) is 5.50. The van der Waals surface area contributed by atoms with Gasteiger partial charge >= 0.3 is 0 Å². The third-order valence-corrected chi connectivity index (χ3v) is 6.53. The molecule has 4 aliphatic rings. The van der Waals surface area contributed by atoms with Crippen LogP contribution < -0.4 is 0 Å². The van der Waals surface area contributed by atoms with Crippen LogP contribution in [0.4, 0.5) is 0 Å². The highest BCUT2D eigenvalue weighted by Crippen LogP contribution is 2.54. The predicted molar refractivity (Wildman–Crippen MR) is 88.7 cm³/mol. The number of likely N-dealkylation sites (tertiary alicyclic amines) is 2. The molecule has 6 heteroatoms. The van der Waals surface area contributed by atoms with Crippen LogP contribution in [0.3, 0.4) is 0 Å². The molecule has 5 atom stereocenters. The van der Waals surface area contributed by atoms with Crippen LogP contribution in [0.2, 0.25) is 0 Å². The van der Waals surface area contributed by atoms with E-state index in [1.807, 2.05) is 19.1 Å². The molecule has 2 heterocycles. The quantitative estimate of drug-likeness (QED) is 0.670. The first-order valence-corrected chi connectivity index (χ1v) is 8.84. The summed E-state index contributed by atoms with van der Waals surface area (Å²) in [5, 5.41) is 0. The van der Waals surface area contributed by atoms with Crippen molar-refractivity contribution in [2.24, 2.45) is 29.6 Å². The SMILES string of the molecule is C/C=C\C1=C2C[C@@H]3C(=O)N(C)C(=O)[C@@H]3C[C@H]2[C@H]2C(=O)N(C)C(=O)[C@H]2C1. The fourth-order valence-electron chi connectivity index (χ4n) is 5.30. The van der Waals surface area contributed by atoms with Gasteiger partial charge in [-0.3, -0.25) is 29.0 Å². The van der Waals surface area contributed by atoms with E-state index in [1.54, 1.807) is 7.05 Å². The summed E-state index contributed by atoms with van der Waals surface area (Å²) in [5.41, 5.74) is 2.17. The zero-order valence-electron chi connectivity index (χ0n) is 14.7. The second-order valence-electron chi connectivity index (χ2n) is 7.62. The van der Waals surface area contributed by atoms with E-state index >= 15 is 0 Å². The van der Waals surface area contributed by atoms with Gasteiger partial charge in [0.15, 0.2) is 0 Å². The summed E-state index contributed by atoms with van der Waals surface area (Å²) in [7, 11) is 3.08. The number of imide groups is 2. The maximum absolute atomic E-state index is 12.7. The van der Waals surface area contributed by atoms with Crippen molar-refractivity contribution in [1.82, 2.24) is 9.80 Å². The lowest BCUT2D eigenvalue weighted by molar-refractivity contribution is -0.140. The molecule has 2 saturated heterocycles. The lowest BCUT2D eigenvalue weighted by Crippen LogP contribution is -2.40. The predicted octanol–water partition coefficient (Wildman–Crippen LogP) is 1.13. The van der Waals surface area contributed by atoms with E-state index in [1.165, 1.54) is 16.8 Å². The van der Waals surface area contributed by atoms with E-state index in [2.05, 4.69) is 0 Å². The molecular formula is C19H22N2O4. The highest BCUT2D eigenvalue weighted by atomic mass is 16.2. The molecule has 0 radical (unpaired) electrons. The van der Waals surface area contributed by atoms with Gasteiger partial charge in [-0.25, -0.2) is 0 Å². The topological polar surface area (TPSA) is 74.8 Å². The Morgan fingerprint density at radius 2 is 1.40 bits per heavy atom.